The maximum Gasteiger partial charge on any atom is 0.220 e. The number of carbonyl (C=O) groups excluding carboxylic acids is 1. The zero-order valence-electron chi connectivity index (χ0n) is 10.2. The van der Waals surface area contributed by atoms with Gasteiger partial charge in [0.05, 0.1) is 6.61 Å². The van der Waals surface area contributed by atoms with Crippen molar-refractivity contribution in [3.8, 4) is 11.8 Å². The van der Waals surface area contributed by atoms with E-state index in [1.54, 1.807) is 0 Å². The molecule has 0 saturated carbocycles. The van der Waals surface area contributed by atoms with Crippen molar-refractivity contribution in [3.63, 3.8) is 0 Å². The summed E-state index contributed by atoms with van der Waals surface area (Å²) in [5, 5.41) is 11.1. The molecule has 0 aromatic rings. The van der Waals surface area contributed by atoms with Crippen molar-refractivity contribution in [2.45, 2.75) is 51.9 Å². The van der Waals surface area contributed by atoms with E-state index in [9.17, 15) is 4.79 Å². The lowest BCUT2D eigenvalue weighted by Crippen LogP contribution is -2.25. The van der Waals surface area contributed by atoms with Gasteiger partial charge in [0, 0.05) is 19.4 Å². The molecule has 1 amide bonds. The van der Waals surface area contributed by atoms with Crippen LogP contribution in [0.5, 0.6) is 0 Å². The quantitative estimate of drug-likeness (QED) is 0.465. The summed E-state index contributed by atoms with van der Waals surface area (Å²) in [6.45, 7) is 2.25. The molecule has 0 rings (SSSR count). The first-order valence-corrected chi connectivity index (χ1v) is 6.08. The fraction of sp³-hybridized carbons (Fsp3) is 0.769. The van der Waals surface area contributed by atoms with E-state index in [-0.39, 0.29) is 12.5 Å². The van der Waals surface area contributed by atoms with Crippen LogP contribution in [-0.4, -0.2) is 24.2 Å². The van der Waals surface area contributed by atoms with Crippen molar-refractivity contribution >= 4 is 5.91 Å². The molecule has 0 radical (unpaired) electrons. The molecule has 0 spiro atoms. The molecular weight excluding hydrogens is 202 g/mol. The second kappa shape index (κ2) is 12.1. The Balaban J connectivity index is 3.13. The Morgan fingerprint density at radius 3 is 2.56 bits per heavy atom. The van der Waals surface area contributed by atoms with E-state index in [2.05, 4.69) is 17.2 Å². The van der Waals surface area contributed by atoms with Crippen LogP contribution >= 0.6 is 0 Å². The Kier molecular flexibility index (Phi) is 11.3. The molecule has 2 N–H and O–H groups in total. The van der Waals surface area contributed by atoms with Crippen LogP contribution < -0.4 is 5.32 Å². The molecule has 0 fully saturated rings. The first-order valence-electron chi connectivity index (χ1n) is 6.08. The number of aliphatic hydroxyl groups excluding tert-OH is 1. The number of hydrogen-bond acceptors (Lipinski definition) is 2. The minimum Gasteiger partial charge on any atom is -0.395 e. The lowest BCUT2D eigenvalue weighted by Gasteiger charge is -2.02. The highest BCUT2D eigenvalue weighted by atomic mass is 16.3. The van der Waals surface area contributed by atoms with E-state index in [0.29, 0.717) is 13.0 Å². The first-order chi connectivity index (χ1) is 7.81. The lowest BCUT2D eigenvalue weighted by molar-refractivity contribution is -0.121. The molecule has 0 saturated heterocycles. The highest BCUT2D eigenvalue weighted by molar-refractivity contribution is 5.75. The Bertz CT molecular complexity index is 228. The predicted molar refractivity (Wildman–Crippen MR) is 65.9 cm³/mol. The van der Waals surface area contributed by atoms with Crippen molar-refractivity contribution in [3.05, 3.63) is 0 Å². The Labute approximate surface area is 98.6 Å². The van der Waals surface area contributed by atoms with E-state index in [1.165, 1.54) is 12.8 Å². The molecule has 0 aliphatic carbocycles. The van der Waals surface area contributed by atoms with Crippen LogP contribution in [0, 0.1) is 11.8 Å². The van der Waals surface area contributed by atoms with E-state index >= 15 is 0 Å². The summed E-state index contributed by atoms with van der Waals surface area (Å²) in [6, 6.07) is 0. The van der Waals surface area contributed by atoms with Crippen LogP contribution in [0.2, 0.25) is 0 Å². The average Bonchev–Trinajstić information content (AvgIpc) is 2.30. The molecule has 0 aromatic carbocycles. The van der Waals surface area contributed by atoms with Gasteiger partial charge in [-0.1, -0.05) is 19.3 Å². The first kappa shape index (κ1) is 15.0. The van der Waals surface area contributed by atoms with Crippen molar-refractivity contribution in [1.82, 2.24) is 5.32 Å². The summed E-state index contributed by atoms with van der Waals surface area (Å²) in [4.78, 5) is 11.1. The molecule has 16 heavy (non-hydrogen) atoms. The fourth-order valence-electron chi connectivity index (χ4n) is 1.44. The van der Waals surface area contributed by atoms with Crippen molar-refractivity contribution in [2.75, 3.05) is 13.2 Å². The molecule has 0 aliphatic heterocycles. The van der Waals surface area contributed by atoms with Crippen LogP contribution in [0.4, 0.5) is 0 Å². The standard InChI is InChI=1S/C13H23NO2/c1-2-3-4-5-6-7-8-9-10-13(16)14-11-12-15/h15H,4-12H2,1H3,(H,14,16). The van der Waals surface area contributed by atoms with Crippen molar-refractivity contribution in [2.24, 2.45) is 0 Å². The van der Waals surface area contributed by atoms with Crippen LogP contribution in [0.1, 0.15) is 51.9 Å². The van der Waals surface area contributed by atoms with Gasteiger partial charge >= 0.3 is 0 Å². The summed E-state index contributed by atoms with van der Waals surface area (Å²) >= 11 is 0. The maximum absolute atomic E-state index is 11.1. The van der Waals surface area contributed by atoms with Crippen LogP contribution in [0.25, 0.3) is 0 Å². The normalized spacial score (nSPS) is 9.38. The van der Waals surface area contributed by atoms with Gasteiger partial charge in [-0.2, -0.15) is 0 Å². The number of amides is 1. The van der Waals surface area contributed by atoms with Crippen molar-refractivity contribution in [1.29, 1.82) is 0 Å². The minimum absolute atomic E-state index is 0.0181. The zero-order chi connectivity index (χ0) is 12.1. The molecule has 0 aliphatic rings. The molecule has 0 heterocycles. The second-order valence-electron chi connectivity index (χ2n) is 3.77. The Morgan fingerprint density at radius 2 is 1.88 bits per heavy atom. The fourth-order valence-corrected chi connectivity index (χ4v) is 1.44. The van der Waals surface area contributed by atoms with Gasteiger partial charge in [0.2, 0.25) is 5.91 Å². The number of unbranched alkanes of at least 4 members (excludes halogenated alkanes) is 5. The summed E-state index contributed by atoms with van der Waals surface area (Å²) in [6.07, 6.45) is 7.16. The number of hydrogen-bond donors (Lipinski definition) is 2. The van der Waals surface area contributed by atoms with Gasteiger partial charge in [0.1, 0.15) is 0 Å². The minimum atomic E-state index is 0.0181. The highest BCUT2D eigenvalue weighted by Gasteiger charge is 1.99. The number of aliphatic hydroxyl groups is 1. The topological polar surface area (TPSA) is 49.3 Å². The SMILES string of the molecule is CC#CCCCCCCCC(=O)NCCO. The van der Waals surface area contributed by atoms with E-state index in [4.69, 9.17) is 5.11 Å². The lowest BCUT2D eigenvalue weighted by atomic mass is 10.1. The molecule has 0 unspecified atom stereocenters. The van der Waals surface area contributed by atoms with Gasteiger partial charge in [0.15, 0.2) is 0 Å². The third-order valence-corrected chi connectivity index (χ3v) is 2.32. The van der Waals surface area contributed by atoms with E-state index in [1.807, 2.05) is 6.92 Å². The molecule has 0 atom stereocenters. The highest BCUT2D eigenvalue weighted by Crippen LogP contribution is 2.06. The summed E-state index contributed by atoms with van der Waals surface area (Å²) < 4.78 is 0. The molecule has 3 heteroatoms. The van der Waals surface area contributed by atoms with Crippen LogP contribution in [0.3, 0.4) is 0 Å². The predicted octanol–water partition coefficient (Wildman–Crippen LogP) is 1.85. The molecule has 92 valence electrons. The smallest absolute Gasteiger partial charge is 0.220 e. The van der Waals surface area contributed by atoms with Gasteiger partial charge in [-0.15, -0.1) is 11.8 Å². The van der Waals surface area contributed by atoms with Gasteiger partial charge in [-0.25, -0.2) is 0 Å². The monoisotopic (exact) mass is 225 g/mol. The van der Waals surface area contributed by atoms with Gasteiger partial charge < -0.3 is 10.4 Å². The molecule has 3 nitrogen and oxygen atoms in total. The largest absolute Gasteiger partial charge is 0.395 e. The molecule has 0 aromatic heterocycles. The number of nitrogens with one attached hydrogen (secondary N) is 1. The summed E-state index contributed by atoms with van der Waals surface area (Å²) in [7, 11) is 0. The number of carbonyl (C=O) groups is 1. The van der Waals surface area contributed by atoms with E-state index in [0.717, 1.165) is 25.7 Å². The molecular formula is C13H23NO2. The maximum atomic E-state index is 11.1. The van der Waals surface area contributed by atoms with E-state index < -0.39 is 0 Å². The van der Waals surface area contributed by atoms with Crippen molar-refractivity contribution < 1.29 is 9.90 Å². The summed E-state index contributed by atoms with van der Waals surface area (Å²) in [5.41, 5.74) is 0. The zero-order valence-corrected chi connectivity index (χ0v) is 10.2. The third kappa shape index (κ3) is 11.1. The summed E-state index contributed by atoms with van der Waals surface area (Å²) in [5.74, 6) is 5.97. The van der Waals surface area contributed by atoms with Crippen LogP contribution in [0.15, 0.2) is 0 Å². The van der Waals surface area contributed by atoms with Gasteiger partial charge in [-0.3, -0.25) is 4.79 Å². The Morgan fingerprint density at radius 1 is 1.19 bits per heavy atom. The van der Waals surface area contributed by atoms with Crippen LogP contribution in [-0.2, 0) is 4.79 Å². The molecule has 0 bridgehead atoms. The number of rotatable bonds is 9. The van der Waals surface area contributed by atoms with Gasteiger partial charge in [0.25, 0.3) is 0 Å². The second-order valence-corrected chi connectivity index (χ2v) is 3.77. The Hall–Kier alpha value is -1.01. The average molecular weight is 225 g/mol. The van der Waals surface area contributed by atoms with Gasteiger partial charge in [-0.05, 0) is 19.8 Å². The third-order valence-electron chi connectivity index (χ3n) is 2.32.